The number of furan rings is 1. The second-order valence-electron chi connectivity index (χ2n) is 15.9. The Hall–Kier alpha value is -8.41. The minimum absolute atomic E-state index is 0.572. The van der Waals surface area contributed by atoms with Crippen LogP contribution in [-0.2, 0) is 0 Å². The molecule has 0 saturated heterocycles. The summed E-state index contributed by atoms with van der Waals surface area (Å²) in [7, 11) is 0. The van der Waals surface area contributed by atoms with E-state index in [0.29, 0.717) is 17.5 Å². The van der Waals surface area contributed by atoms with Crippen LogP contribution in [0.1, 0.15) is 0 Å². The van der Waals surface area contributed by atoms with Crippen molar-refractivity contribution >= 4 is 76.1 Å². The molecule has 0 aliphatic rings. The maximum atomic E-state index is 6.63. The van der Waals surface area contributed by atoms with Crippen LogP contribution in [0.4, 0.5) is 0 Å². The molecular formula is C57H34N4O. The molecule has 0 aliphatic carbocycles. The van der Waals surface area contributed by atoms with Gasteiger partial charge in [0.15, 0.2) is 17.5 Å². The Labute approximate surface area is 355 Å². The predicted octanol–water partition coefficient (Wildman–Crippen LogP) is 15.0. The summed E-state index contributed by atoms with van der Waals surface area (Å²) >= 11 is 0. The van der Waals surface area contributed by atoms with Crippen LogP contribution in [-0.4, -0.2) is 19.5 Å². The Bertz CT molecular complexity index is 3920. The standard InChI is InChI=1S/C57H34N4O/c1-2-14-35(15-3-1)36-26-28-37(29-27-36)55-58-56(60-57(59-55)48-33-40-18-6-7-19-41(40)42-20-8-9-21-43(42)48)46-30-31-52-53(45-23-11-13-25-51(45)62-52)54(46)61-49-24-12-10-22-44(49)47-32-38-16-4-5-17-39(38)34-50(47)61/h1-34H. The number of hydrogen-bond donors (Lipinski definition) is 0. The van der Waals surface area contributed by atoms with Crippen molar-refractivity contribution in [1.29, 1.82) is 0 Å². The number of nitrogens with zero attached hydrogens (tertiary/aromatic N) is 4. The van der Waals surface area contributed by atoms with Gasteiger partial charge in [-0.1, -0.05) is 164 Å². The molecule has 288 valence electrons. The SMILES string of the molecule is c1ccc(-c2ccc(-c3nc(-c4ccc5oc6ccccc6c5c4-n4c5ccccc5c5cc6ccccc6cc54)nc(-c4cc5ccccc5c5ccccc45)n3)cc2)cc1. The van der Waals surface area contributed by atoms with Crippen molar-refractivity contribution in [3.05, 3.63) is 206 Å². The van der Waals surface area contributed by atoms with Crippen LogP contribution in [0.15, 0.2) is 211 Å². The molecular weight excluding hydrogens is 757 g/mol. The second-order valence-corrected chi connectivity index (χ2v) is 15.9. The van der Waals surface area contributed by atoms with Crippen LogP contribution in [0.3, 0.4) is 0 Å². The first-order chi connectivity index (χ1) is 30.7. The fraction of sp³-hybridized carbons (Fsp3) is 0. The molecule has 0 N–H and O–H groups in total. The third kappa shape index (κ3) is 5.32. The van der Waals surface area contributed by atoms with E-state index in [1.165, 1.54) is 26.9 Å². The third-order valence-electron chi connectivity index (χ3n) is 12.4. The first-order valence-corrected chi connectivity index (χ1v) is 20.9. The van der Waals surface area contributed by atoms with E-state index in [9.17, 15) is 0 Å². The molecule has 0 atom stereocenters. The van der Waals surface area contributed by atoms with Gasteiger partial charge in [0.2, 0.25) is 0 Å². The largest absolute Gasteiger partial charge is 0.456 e. The number of rotatable bonds is 5. The van der Waals surface area contributed by atoms with E-state index in [0.717, 1.165) is 82.6 Å². The summed E-state index contributed by atoms with van der Waals surface area (Å²) < 4.78 is 9.04. The summed E-state index contributed by atoms with van der Waals surface area (Å²) in [5, 5.41) is 11.3. The highest BCUT2D eigenvalue weighted by molar-refractivity contribution is 6.18. The third-order valence-corrected chi connectivity index (χ3v) is 12.4. The Morgan fingerprint density at radius 3 is 1.71 bits per heavy atom. The zero-order valence-electron chi connectivity index (χ0n) is 33.3. The van der Waals surface area contributed by atoms with E-state index in [4.69, 9.17) is 19.4 Å². The number of fused-ring (bicyclic) bond motifs is 10. The Morgan fingerprint density at radius 1 is 0.323 bits per heavy atom. The Morgan fingerprint density at radius 2 is 0.903 bits per heavy atom. The summed E-state index contributed by atoms with van der Waals surface area (Å²) in [6.07, 6.45) is 0. The van der Waals surface area contributed by atoms with E-state index >= 15 is 0 Å². The van der Waals surface area contributed by atoms with Crippen LogP contribution in [0.5, 0.6) is 0 Å². The van der Waals surface area contributed by atoms with Crippen LogP contribution >= 0.6 is 0 Å². The lowest BCUT2D eigenvalue weighted by Crippen LogP contribution is -2.04. The van der Waals surface area contributed by atoms with Gasteiger partial charge < -0.3 is 8.98 Å². The Balaban J connectivity index is 1.15. The van der Waals surface area contributed by atoms with Gasteiger partial charge in [-0.3, -0.25) is 0 Å². The topological polar surface area (TPSA) is 56.7 Å². The molecule has 5 nitrogen and oxygen atoms in total. The minimum Gasteiger partial charge on any atom is -0.456 e. The molecule has 0 spiro atoms. The van der Waals surface area contributed by atoms with Crippen LogP contribution < -0.4 is 0 Å². The molecule has 0 saturated carbocycles. The van der Waals surface area contributed by atoms with Gasteiger partial charge in [0, 0.05) is 32.8 Å². The van der Waals surface area contributed by atoms with Crippen LogP contribution in [0, 0.1) is 0 Å². The highest BCUT2D eigenvalue weighted by atomic mass is 16.3. The van der Waals surface area contributed by atoms with Crippen molar-refractivity contribution in [2.45, 2.75) is 0 Å². The average molecular weight is 791 g/mol. The normalized spacial score (nSPS) is 11.9. The van der Waals surface area contributed by atoms with Crippen molar-refractivity contribution < 1.29 is 4.42 Å². The highest BCUT2D eigenvalue weighted by Gasteiger charge is 2.25. The predicted molar refractivity (Wildman–Crippen MR) is 256 cm³/mol. The van der Waals surface area contributed by atoms with Crippen molar-refractivity contribution in [1.82, 2.24) is 19.5 Å². The van der Waals surface area contributed by atoms with Crippen LogP contribution in [0.25, 0.3) is 127 Å². The van der Waals surface area contributed by atoms with Gasteiger partial charge in [0.25, 0.3) is 0 Å². The molecule has 62 heavy (non-hydrogen) atoms. The molecule has 0 radical (unpaired) electrons. The highest BCUT2D eigenvalue weighted by Crippen LogP contribution is 2.44. The fourth-order valence-corrected chi connectivity index (χ4v) is 9.53. The van der Waals surface area contributed by atoms with Gasteiger partial charge in [-0.2, -0.15) is 0 Å². The quantitative estimate of drug-likeness (QED) is 0.163. The first-order valence-electron chi connectivity index (χ1n) is 20.9. The molecule has 3 heterocycles. The van der Waals surface area contributed by atoms with Gasteiger partial charge in [0.1, 0.15) is 11.2 Å². The molecule has 0 unspecified atom stereocenters. The maximum Gasteiger partial charge on any atom is 0.166 e. The molecule has 13 aromatic rings. The smallest absolute Gasteiger partial charge is 0.166 e. The summed E-state index contributed by atoms with van der Waals surface area (Å²) in [4.78, 5) is 16.3. The van der Waals surface area contributed by atoms with Gasteiger partial charge in [-0.25, -0.2) is 15.0 Å². The molecule has 13 rings (SSSR count). The van der Waals surface area contributed by atoms with E-state index in [1.807, 2.05) is 18.2 Å². The lowest BCUT2D eigenvalue weighted by molar-refractivity contribution is 0.669. The first kappa shape index (κ1) is 34.5. The van der Waals surface area contributed by atoms with Crippen molar-refractivity contribution in [2.75, 3.05) is 0 Å². The van der Waals surface area contributed by atoms with Crippen molar-refractivity contribution in [3.8, 4) is 51.0 Å². The molecule has 3 aromatic heterocycles. The van der Waals surface area contributed by atoms with E-state index in [2.05, 4.69) is 193 Å². The number of aromatic nitrogens is 4. The van der Waals surface area contributed by atoms with E-state index < -0.39 is 0 Å². The zero-order chi connectivity index (χ0) is 40.7. The molecule has 5 heteroatoms. The van der Waals surface area contributed by atoms with Crippen molar-refractivity contribution in [3.63, 3.8) is 0 Å². The summed E-state index contributed by atoms with van der Waals surface area (Å²) in [5.74, 6) is 1.77. The van der Waals surface area contributed by atoms with Gasteiger partial charge in [0.05, 0.1) is 22.1 Å². The second kappa shape index (κ2) is 13.6. The Kier molecular flexibility index (Phi) is 7.54. The van der Waals surface area contributed by atoms with E-state index in [1.54, 1.807) is 0 Å². The summed E-state index contributed by atoms with van der Waals surface area (Å²) in [6, 6.07) is 72.7. The maximum absolute atomic E-state index is 6.63. The number of hydrogen-bond acceptors (Lipinski definition) is 4. The lowest BCUT2D eigenvalue weighted by atomic mass is 9.96. The molecule has 0 bridgehead atoms. The molecule has 0 amide bonds. The minimum atomic E-state index is 0.572. The monoisotopic (exact) mass is 790 g/mol. The van der Waals surface area contributed by atoms with E-state index in [-0.39, 0.29) is 0 Å². The zero-order valence-corrected chi connectivity index (χ0v) is 33.3. The van der Waals surface area contributed by atoms with Gasteiger partial charge in [-0.05, 0) is 85.9 Å². The molecule has 10 aromatic carbocycles. The van der Waals surface area contributed by atoms with Crippen molar-refractivity contribution in [2.24, 2.45) is 0 Å². The number of para-hydroxylation sites is 2. The lowest BCUT2D eigenvalue weighted by Gasteiger charge is -2.17. The van der Waals surface area contributed by atoms with Gasteiger partial charge >= 0.3 is 0 Å². The molecule has 0 fully saturated rings. The molecule has 0 aliphatic heterocycles. The van der Waals surface area contributed by atoms with Crippen LogP contribution in [0.2, 0.25) is 0 Å². The van der Waals surface area contributed by atoms with Gasteiger partial charge in [-0.15, -0.1) is 0 Å². The number of benzene rings is 10. The summed E-state index contributed by atoms with van der Waals surface area (Å²) in [6.45, 7) is 0. The summed E-state index contributed by atoms with van der Waals surface area (Å²) in [5.41, 5.74) is 9.76. The average Bonchev–Trinajstić information content (AvgIpc) is 3.88. The fourth-order valence-electron chi connectivity index (χ4n) is 9.53.